The van der Waals surface area contributed by atoms with E-state index in [-0.39, 0.29) is 11.9 Å². The van der Waals surface area contributed by atoms with Gasteiger partial charge in [0.05, 0.1) is 12.3 Å². The van der Waals surface area contributed by atoms with E-state index in [1.807, 2.05) is 61.5 Å². The number of amides is 1. The molecule has 0 saturated carbocycles. The van der Waals surface area contributed by atoms with Crippen molar-refractivity contribution in [3.05, 3.63) is 60.3 Å². The Morgan fingerprint density at radius 2 is 1.88 bits per heavy atom. The maximum Gasteiger partial charge on any atom is 0.270 e. The van der Waals surface area contributed by atoms with Gasteiger partial charge in [-0.05, 0) is 55.5 Å². The van der Waals surface area contributed by atoms with Crippen LogP contribution in [0.3, 0.4) is 0 Å². The van der Waals surface area contributed by atoms with Gasteiger partial charge in [-0.15, -0.1) is 0 Å². The molecule has 2 saturated heterocycles. The second kappa shape index (κ2) is 9.27. The SMILES string of the molecule is CCOc1ccc(-c2cc3ccccc3c(C(=O)NC3CCN(C4CNC4)CC3)n2)cc1. The Bertz CT molecular complexity index is 1090. The standard InChI is InChI=1S/C26H30N4O2/c1-2-32-22-9-7-18(8-10-22)24-15-19-5-3-4-6-23(19)25(29-24)26(31)28-20-11-13-30(14-12-20)21-16-27-17-21/h3-10,15,20-21,27H,2,11-14,16-17H2,1H3,(H,28,31). The lowest BCUT2D eigenvalue weighted by molar-refractivity contribution is 0.0846. The molecule has 3 aromatic rings. The van der Waals surface area contributed by atoms with Crippen LogP contribution >= 0.6 is 0 Å². The molecule has 6 nitrogen and oxygen atoms in total. The fourth-order valence-electron chi connectivity index (χ4n) is 4.60. The molecular formula is C26H30N4O2. The summed E-state index contributed by atoms with van der Waals surface area (Å²) in [6.07, 6.45) is 1.97. The van der Waals surface area contributed by atoms with Crippen molar-refractivity contribution in [1.82, 2.24) is 20.5 Å². The van der Waals surface area contributed by atoms with Gasteiger partial charge < -0.3 is 15.4 Å². The summed E-state index contributed by atoms with van der Waals surface area (Å²) in [6.45, 7) is 6.86. The van der Waals surface area contributed by atoms with E-state index in [2.05, 4.69) is 15.5 Å². The first-order valence-corrected chi connectivity index (χ1v) is 11.6. The van der Waals surface area contributed by atoms with Crippen molar-refractivity contribution in [2.24, 2.45) is 0 Å². The maximum atomic E-state index is 13.3. The summed E-state index contributed by atoms with van der Waals surface area (Å²) in [5.41, 5.74) is 2.26. The van der Waals surface area contributed by atoms with Gasteiger partial charge in [-0.1, -0.05) is 24.3 Å². The predicted molar refractivity (Wildman–Crippen MR) is 127 cm³/mol. The summed E-state index contributed by atoms with van der Waals surface area (Å²) in [6, 6.07) is 18.8. The molecular weight excluding hydrogens is 400 g/mol. The number of aromatic nitrogens is 1. The minimum atomic E-state index is -0.0854. The smallest absolute Gasteiger partial charge is 0.270 e. The third-order valence-electron chi connectivity index (χ3n) is 6.56. The molecule has 0 radical (unpaired) electrons. The van der Waals surface area contributed by atoms with Crippen molar-refractivity contribution in [2.75, 3.05) is 32.8 Å². The molecule has 32 heavy (non-hydrogen) atoms. The second-order valence-corrected chi connectivity index (χ2v) is 8.63. The fraction of sp³-hybridized carbons (Fsp3) is 0.385. The second-order valence-electron chi connectivity index (χ2n) is 8.63. The fourth-order valence-corrected chi connectivity index (χ4v) is 4.60. The molecule has 2 fully saturated rings. The summed E-state index contributed by atoms with van der Waals surface area (Å²) >= 11 is 0. The highest BCUT2D eigenvalue weighted by Gasteiger charge is 2.29. The highest BCUT2D eigenvalue weighted by Crippen LogP contribution is 2.27. The first-order valence-electron chi connectivity index (χ1n) is 11.6. The van der Waals surface area contributed by atoms with Crippen LogP contribution < -0.4 is 15.4 Å². The highest BCUT2D eigenvalue weighted by atomic mass is 16.5. The Labute approximate surface area is 189 Å². The van der Waals surface area contributed by atoms with Crippen molar-refractivity contribution in [1.29, 1.82) is 0 Å². The molecule has 166 valence electrons. The number of pyridine rings is 1. The Morgan fingerprint density at radius 1 is 1.12 bits per heavy atom. The zero-order chi connectivity index (χ0) is 21.9. The number of ether oxygens (including phenoxy) is 1. The Morgan fingerprint density at radius 3 is 2.56 bits per heavy atom. The van der Waals surface area contributed by atoms with Crippen LogP contribution in [-0.4, -0.2) is 60.7 Å². The number of piperidine rings is 1. The lowest BCUT2D eigenvalue weighted by Crippen LogP contribution is -2.60. The number of carbonyl (C=O) groups excluding carboxylic acids is 1. The number of likely N-dealkylation sites (tertiary alicyclic amines) is 1. The number of nitrogens with zero attached hydrogens (tertiary/aromatic N) is 2. The molecule has 0 atom stereocenters. The molecule has 3 heterocycles. The van der Waals surface area contributed by atoms with E-state index in [0.717, 1.165) is 66.8 Å². The van der Waals surface area contributed by atoms with Gasteiger partial charge in [0, 0.05) is 49.2 Å². The van der Waals surface area contributed by atoms with Crippen LogP contribution in [0.15, 0.2) is 54.6 Å². The van der Waals surface area contributed by atoms with Crippen LogP contribution in [0.4, 0.5) is 0 Å². The third-order valence-corrected chi connectivity index (χ3v) is 6.56. The average molecular weight is 431 g/mol. The summed E-state index contributed by atoms with van der Waals surface area (Å²) in [4.78, 5) is 20.7. The van der Waals surface area contributed by atoms with E-state index < -0.39 is 0 Å². The van der Waals surface area contributed by atoms with Gasteiger partial charge in [0.15, 0.2) is 0 Å². The van der Waals surface area contributed by atoms with Gasteiger partial charge in [0.1, 0.15) is 11.4 Å². The van der Waals surface area contributed by atoms with Crippen LogP contribution in [0, 0.1) is 0 Å². The van der Waals surface area contributed by atoms with E-state index in [1.165, 1.54) is 0 Å². The Hall–Kier alpha value is -2.96. The van der Waals surface area contributed by atoms with Gasteiger partial charge in [-0.25, -0.2) is 4.98 Å². The third kappa shape index (κ3) is 4.33. The van der Waals surface area contributed by atoms with E-state index >= 15 is 0 Å². The number of benzene rings is 2. The first kappa shape index (κ1) is 20.9. The predicted octanol–water partition coefficient (Wildman–Crippen LogP) is 3.47. The number of nitrogens with one attached hydrogen (secondary N) is 2. The number of rotatable bonds is 6. The molecule has 6 heteroatoms. The molecule has 0 spiro atoms. The summed E-state index contributed by atoms with van der Waals surface area (Å²) in [5.74, 6) is 0.747. The van der Waals surface area contributed by atoms with Crippen LogP contribution in [0.1, 0.15) is 30.3 Å². The van der Waals surface area contributed by atoms with Gasteiger partial charge in [-0.2, -0.15) is 0 Å². The molecule has 2 aliphatic heterocycles. The zero-order valence-corrected chi connectivity index (χ0v) is 18.5. The first-order chi connectivity index (χ1) is 15.7. The van der Waals surface area contributed by atoms with Gasteiger partial charge >= 0.3 is 0 Å². The molecule has 0 bridgehead atoms. The maximum absolute atomic E-state index is 13.3. The van der Waals surface area contributed by atoms with Crippen molar-refractivity contribution in [2.45, 2.75) is 31.8 Å². The summed E-state index contributed by atoms with van der Waals surface area (Å²) < 4.78 is 5.56. The zero-order valence-electron chi connectivity index (χ0n) is 18.5. The summed E-state index contributed by atoms with van der Waals surface area (Å²) in [7, 11) is 0. The topological polar surface area (TPSA) is 66.5 Å². The van der Waals surface area contributed by atoms with E-state index in [9.17, 15) is 4.79 Å². The largest absolute Gasteiger partial charge is 0.494 e. The molecule has 1 aromatic heterocycles. The number of hydrogen-bond acceptors (Lipinski definition) is 5. The van der Waals surface area contributed by atoms with Gasteiger partial charge in [-0.3, -0.25) is 9.69 Å². The molecule has 5 rings (SSSR count). The minimum Gasteiger partial charge on any atom is -0.494 e. The summed E-state index contributed by atoms with van der Waals surface area (Å²) in [5, 5.41) is 8.51. The van der Waals surface area contributed by atoms with E-state index in [0.29, 0.717) is 18.3 Å². The van der Waals surface area contributed by atoms with Crippen molar-refractivity contribution in [3.63, 3.8) is 0 Å². The monoisotopic (exact) mass is 430 g/mol. The van der Waals surface area contributed by atoms with Crippen molar-refractivity contribution in [3.8, 4) is 17.0 Å². The van der Waals surface area contributed by atoms with Crippen LogP contribution in [0.5, 0.6) is 5.75 Å². The lowest BCUT2D eigenvalue weighted by atomic mass is 10.00. The van der Waals surface area contributed by atoms with Crippen molar-refractivity contribution >= 4 is 16.7 Å². The highest BCUT2D eigenvalue weighted by molar-refractivity contribution is 6.06. The van der Waals surface area contributed by atoms with Gasteiger partial charge in [0.2, 0.25) is 0 Å². The van der Waals surface area contributed by atoms with Crippen LogP contribution in [-0.2, 0) is 0 Å². The van der Waals surface area contributed by atoms with Crippen molar-refractivity contribution < 1.29 is 9.53 Å². The normalized spacial score (nSPS) is 17.8. The molecule has 0 aliphatic carbocycles. The molecule has 2 aliphatic rings. The average Bonchev–Trinajstić information content (AvgIpc) is 2.79. The van der Waals surface area contributed by atoms with E-state index in [4.69, 9.17) is 9.72 Å². The molecule has 2 aromatic carbocycles. The number of fused-ring (bicyclic) bond motifs is 1. The Kier molecular flexibility index (Phi) is 6.06. The molecule has 1 amide bonds. The van der Waals surface area contributed by atoms with Crippen LogP contribution in [0.25, 0.3) is 22.0 Å². The van der Waals surface area contributed by atoms with Crippen LogP contribution in [0.2, 0.25) is 0 Å². The molecule has 0 unspecified atom stereocenters. The number of hydrogen-bond donors (Lipinski definition) is 2. The van der Waals surface area contributed by atoms with E-state index in [1.54, 1.807) is 0 Å². The van der Waals surface area contributed by atoms with Gasteiger partial charge in [0.25, 0.3) is 5.91 Å². The molecule has 2 N–H and O–H groups in total. The quantitative estimate of drug-likeness (QED) is 0.627. The Balaban J connectivity index is 1.37. The number of carbonyl (C=O) groups is 1. The lowest BCUT2D eigenvalue weighted by Gasteiger charge is -2.42. The minimum absolute atomic E-state index is 0.0854.